The van der Waals surface area contributed by atoms with Gasteiger partial charge in [0.25, 0.3) is 10.0 Å². The van der Waals surface area contributed by atoms with Crippen LogP contribution in [0.2, 0.25) is 5.02 Å². The largest absolute Gasteiger partial charge is 0.495 e. The molecule has 11 heteroatoms. The van der Waals surface area contributed by atoms with Gasteiger partial charge >= 0.3 is 0 Å². The number of carbonyl (C=O) groups is 2. The van der Waals surface area contributed by atoms with Gasteiger partial charge in [-0.15, -0.1) is 0 Å². The average molecular weight is 652 g/mol. The Morgan fingerprint density at radius 3 is 2.16 bits per heavy atom. The highest BCUT2D eigenvalue weighted by Gasteiger charge is 2.36. The summed E-state index contributed by atoms with van der Waals surface area (Å²) in [6.45, 7) is 2.56. The number of methoxy groups -OCH3 is 1. The van der Waals surface area contributed by atoms with Gasteiger partial charge in [-0.1, -0.05) is 78.3 Å². The number of carbonyl (C=O) groups excluding carboxylic acids is 2. The number of nitrogens with zero attached hydrogens (tertiary/aromatic N) is 2. The fourth-order valence-electron chi connectivity index (χ4n) is 4.84. The van der Waals surface area contributed by atoms with E-state index in [9.17, 15) is 18.0 Å². The molecule has 0 aliphatic heterocycles. The predicted molar refractivity (Wildman–Crippen MR) is 173 cm³/mol. The zero-order valence-corrected chi connectivity index (χ0v) is 26.8. The molecule has 2 amide bonds. The number of benzene rings is 4. The molecule has 1 N–H and O–H groups in total. The summed E-state index contributed by atoms with van der Waals surface area (Å²) in [5, 5.41) is 3.09. The number of nitrogens with one attached hydrogen (secondary N) is 1. The highest BCUT2D eigenvalue weighted by atomic mass is 35.5. The van der Waals surface area contributed by atoms with Crippen molar-refractivity contribution in [1.82, 2.24) is 10.2 Å². The van der Waals surface area contributed by atoms with Crippen molar-refractivity contribution in [3.63, 3.8) is 0 Å². The number of rotatable bonds is 13. The molecule has 1 unspecified atom stereocenters. The van der Waals surface area contributed by atoms with Crippen molar-refractivity contribution in [3.8, 4) is 5.75 Å². The molecule has 1 atom stereocenters. The molecule has 4 rings (SSSR count). The molecule has 0 radical (unpaired) electrons. The molecule has 4 aromatic carbocycles. The van der Waals surface area contributed by atoms with Crippen molar-refractivity contribution in [1.29, 1.82) is 0 Å². The lowest BCUT2D eigenvalue weighted by molar-refractivity contribution is -0.140. The Morgan fingerprint density at radius 1 is 0.911 bits per heavy atom. The van der Waals surface area contributed by atoms with Crippen molar-refractivity contribution in [2.75, 3.05) is 18.0 Å². The first-order valence-electron chi connectivity index (χ1n) is 14.3. The van der Waals surface area contributed by atoms with E-state index in [1.54, 1.807) is 38.1 Å². The molecular weight excluding hydrogens is 617 g/mol. The summed E-state index contributed by atoms with van der Waals surface area (Å²) >= 11 is 6.30. The fraction of sp³-hybridized carbons (Fsp3) is 0.235. The third kappa shape index (κ3) is 8.40. The number of hydrogen-bond acceptors (Lipinski definition) is 5. The Bertz CT molecular complexity index is 1720. The second-order valence-electron chi connectivity index (χ2n) is 10.6. The lowest BCUT2D eigenvalue weighted by Gasteiger charge is -2.34. The van der Waals surface area contributed by atoms with Gasteiger partial charge in [-0.2, -0.15) is 0 Å². The van der Waals surface area contributed by atoms with Crippen LogP contribution in [-0.4, -0.2) is 50.9 Å². The Balaban J connectivity index is 1.86. The van der Waals surface area contributed by atoms with Crippen LogP contribution in [-0.2, 0) is 32.6 Å². The van der Waals surface area contributed by atoms with Gasteiger partial charge in [0.05, 0.1) is 17.7 Å². The van der Waals surface area contributed by atoms with E-state index < -0.39 is 40.2 Å². The first-order valence-corrected chi connectivity index (χ1v) is 16.1. The Kier molecular flexibility index (Phi) is 11.2. The summed E-state index contributed by atoms with van der Waals surface area (Å²) in [4.78, 5) is 29.4. The van der Waals surface area contributed by atoms with Crippen molar-refractivity contribution < 1.29 is 27.1 Å². The van der Waals surface area contributed by atoms with E-state index in [0.717, 1.165) is 9.87 Å². The molecule has 236 valence electrons. The summed E-state index contributed by atoms with van der Waals surface area (Å²) in [6.07, 6.45) is 0.103. The Morgan fingerprint density at radius 2 is 1.53 bits per heavy atom. The topological polar surface area (TPSA) is 96.0 Å². The molecule has 0 bridgehead atoms. The van der Waals surface area contributed by atoms with Crippen LogP contribution in [0.3, 0.4) is 0 Å². The molecule has 0 aliphatic carbocycles. The standard InChI is InChI=1S/C34H35ClFN3O5S/c1-24(2)37-34(41)31(20-25-12-6-4-7-13-25)38(22-26-14-10-11-17-29(26)36)33(40)23-39(30-21-27(35)18-19-32(30)44-3)45(42,43)28-15-8-5-9-16-28/h4-19,21,24,31H,20,22-23H2,1-3H3,(H,37,41). The third-order valence-electron chi connectivity index (χ3n) is 7.02. The lowest BCUT2D eigenvalue weighted by Crippen LogP contribution is -2.54. The Labute approximate surface area is 268 Å². The lowest BCUT2D eigenvalue weighted by atomic mass is 10.0. The SMILES string of the molecule is COc1ccc(Cl)cc1N(CC(=O)N(Cc1ccccc1F)C(Cc1ccccc1)C(=O)NC(C)C)S(=O)(=O)c1ccccc1. The molecule has 4 aromatic rings. The van der Waals surface area contributed by atoms with Crippen LogP contribution in [0.1, 0.15) is 25.0 Å². The number of amides is 2. The summed E-state index contributed by atoms with van der Waals surface area (Å²) in [5.41, 5.74) is 0.955. The minimum Gasteiger partial charge on any atom is -0.495 e. The van der Waals surface area contributed by atoms with E-state index in [0.29, 0.717) is 0 Å². The maximum absolute atomic E-state index is 15.0. The van der Waals surface area contributed by atoms with E-state index >= 15 is 4.39 Å². The maximum atomic E-state index is 15.0. The van der Waals surface area contributed by atoms with Crippen LogP contribution in [0.15, 0.2) is 108 Å². The van der Waals surface area contributed by atoms with E-state index in [2.05, 4.69) is 5.32 Å². The third-order valence-corrected chi connectivity index (χ3v) is 9.03. The summed E-state index contributed by atoms with van der Waals surface area (Å²) in [7, 11) is -2.99. The molecule has 0 aliphatic rings. The molecule has 0 fully saturated rings. The average Bonchev–Trinajstić information content (AvgIpc) is 3.02. The minimum absolute atomic E-state index is 0.0271. The summed E-state index contributed by atoms with van der Waals surface area (Å²) in [5.74, 6) is -1.61. The van der Waals surface area contributed by atoms with Crippen molar-refractivity contribution in [3.05, 3.63) is 125 Å². The first-order chi connectivity index (χ1) is 21.5. The summed E-state index contributed by atoms with van der Waals surface area (Å²) < 4.78 is 49.7. The zero-order valence-electron chi connectivity index (χ0n) is 25.2. The van der Waals surface area contributed by atoms with Crippen LogP contribution < -0.4 is 14.4 Å². The molecule has 0 aromatic heterocycles. The van der Waals surface area contributed by atoms with Gasteiger partial charge in [-0.25, -0.2) is 12.8 Å². The monoisotopic (exact) mass is 651 g/mol. The molecule has 0 heterocycles. The molecule has 0 saturated heterocycles. The van der Waals surface area contributed by atoms with Gasteiger partial charge in [0.15, 0.2) is 0 Å². The van der Waals surface area contributed by atoms with Crippen LogP contribution in [0.4, 0.5) is 10.1 Å². The molecular formula is C34H35ClFN3O5S. The van der Waals surface area contributed by atoms with Crippen LogP contribution in [0.25, 0.3) is 0 Å². The highest BCUT2D eigenvalue weighted by Crippen LogP contribution is 2.35. The van der Waals surface area contributed by atoms with E-state index in [1.165, 1.54) is 60.5 Å². The second kappa shape index (κ2) is 15.0. The van der Waals surface area contributed by atoms with Crippen molar-refractivity contribution >= 4 is 39.1 Å². The van der Waals surface area contributed by atoms with E-state index in [-0.39, 0.29) is 45.9 Å². The van der Waals surface area contributed by atoms with Crippen LogP contribution in [0, 0.1) is 5.82 Å². The number of sulfonamides is 1. The highest BCUT2D eigenvalue weighted by molar-refractivity contribution is 7.92. The van der Waals surface area contributed by atoms with Gasteiger partial charge in [-0.05, 0) is 55.8 Å². The second-order valence-corrected chi connectivity index (χ2v) is 12.9. The minimum atomic E-state index is -4.36. The van der Waals surface area contributed by atoms with Crippen LogP contribution in [0.5, 0.6) is 5.75 Å². The number of anilines is 1. The van der Waals surface area contributed by atoms with E-state index in [1.807, 2.05) is 30.3 Å². The normalized spacial score (nSPS) is 12.0. The zero-order chi connectivity index (χ0) is 32.6. The number of ether oxygens (including phenoxy) is 1. The quantitative estimate of drug-likeness (QED) is 0.196. The molecule has 0 spiro atoms. The first kappa shape index (κ1) is 33.5. The molecule has 8 nitrogen and oxygen atoms in total. The molecule has 0 saturated carbocycles. The molecule has 45 heavy (non-hydrogen) atoms. The fourth-order valence-corrected chi connectivity index (χ4v) is 6.44. The number of hydrogen-bond donors (Lipinski definition) is 1. The Hall–Kier alpha value is -4.41. The van der Waals surface area contributed by atoms with Gasteiger partial charge in [0, 0.05) is 29.6 Å². The predicted octanol–water partition coefficient (Wildman–Crippen LogP) is 5.85. The number of halogens is 2. The van der Waals surface area contributed by atoms with Crippen LogP contribution >= 0.6 is 11.6 Å². The smallest absolute Gasteiger partial charge is 0.264 e. The van der Waals surface area contributed by atoms with Gasteiger partial charge in [-0.3, -0.25) is 13.9 Å². The van der Waals surface area contributed by atoms with Crippen molar-refractivity contribution in [2.24, 2.45) is 0 Å². The van der Waals surface area contributed by atoms with Gasteiger partial charge < -0.3 is 15.0 Å². The van der Waals surface area contributed by atoms with Gasteiger partial charge in [0.2, 0.25) is 11.8 Å². The summed E-state index contributed by atoms with van der Waals surface area (Å²) in [6, 6.07) is 25.8. The maximum Gasteiger partial charge on any atom is 0.264 e. The van der Waals surface area contributed by atoms with Crippen molar-refractivity contribution in [2.45, 2.75) is 43.8 Å². The van der Waals surface area contributed by atoms with E-state index in [4.69, 9.17) is 16.3 Å². The van der Waals surface area contributed by atoms with Gasteiger partial charge in [0.1, 0.15) is 24.2 Å².